The van der Waals surface area contributed by atoms with E-state index in [2.05, 4.69) is 79.7 Å². The normalized spacial score (nSPS) is 11.7. The maximum atomic E-state index is 6.73. The molecule has 0 bridgehead atoms. The Kier molecular flexibility index (Phi) is 25.0. The Balaban J connectivity index is 1.10. The van der Waals surface area contributed by atoms with Gasteiger partial charge in [-0.15, -0.1) is 0 Å². The zero-order chi connectivity index (χ0) is 35.8. The summed E-state index contributed by atoms with van der Waals surface area (Å²) in [6.45, 7) is 10.5. The minimum atomic E-state index is -0.742. The van der Waals surface area contributed by atoms with Crippen LogP contribution in [-0.2, 0) is 43.5 Å². The summed E-state index contributed by atoms with van der Waals surface area (Å²) in [7, 11) is 0. The minimum absolute atomic E-state index is 0.426. The van der Waals surface area contributed by atoms with Crippen LogP contribution in [-0.4, -0.2) is 99.1 Å². The topological polar surface area (TPSA) is 73.8 Å². The Morgan fingerprint density at radius 1 is 0.314 bits per heavy atom. The molecular weight excluding hydrogens is 644 g/mol. The molecule has 8 nitrogen and oxygen atoms in total. The van der Waals surface area contributed by atoms with E-state index in [0.717, 1.165) is 29.7 Å². The number of rotatable bonds is 34. The van der Waals surface area contributed by atoms with Gasteiger partial charge in [0.15, 0.2) is 0 Å². The van der Waals surface area contributed by atoms with Crippen molar-refractivity contribution in [1.82, 2.24) is 0 Å². The van der Waals surface area contributed by atoms with Gasteiger partial charge in [0, 0.05) is 6.61 Å². The molecule has 0 saturated heterocycles. The second-order valence-corrected chi connectivity index (χ2v) is 12.4. The molecule has 0 atom stereocenters. The quantitative estimate of drug-likeness (QED) is 0.0454. The summed E-state index contributed by atoms with van der Waals surface area (Å²) >= 11 is 0. The van der Waals surface area contributed by atoms with Crippen molar-refractivity contribution in [3.8, 4) is 0 Å². The second-order valence-electron chi connectivity index (χ2n) is 12.4. The van der Waals surface area contributed by atoms with Gasteiger partial charge >= 0.3 is 0 Å². The summed E-state index contributed by atoms with van der Waals surface area (Å²) in [5.41, 5.74) is 2.48. The van der Waals surface area contributed by atoms with Gasteiger partial charge in [-0.3, -0.25) is 0 Å². The lowest BCUT2D eigenvalue weighted by Crippen LogP contribution is -2.34. The second kappa shape index (κ2) is 29.9. The highest BCUT2D eigenvalue weighted by atomic mass is 16.6. The monoisotopic (exact) mass is 708 g/mol. The Morgan fingerprint density at radius 2 is 0.588 bits per heavy atom. The van der Waals surface area contributed by atoms with Gasteiger partial charge in [0.2, 0.25) is 0 Å². The van der Waals surface area contributed by atoms with Crippen LogP contribution in [0, 0.1) is 0 Å². The first-order valence-corrected chi connectivity index (χ1v) is 19.2. The average Bonchev–Trinajstić information content (AvgIpc) is 3.18. The SMILES string of the molecule is CCCCCCCCCCOCCOCCOCCOCCOCCOCCOCCOC(c1ccccc1)(c1ccccc1)c1ccccc1. The van der Waals surface area contributed by atoms with Crippen molar-refractivity contribution in [1.29, 1.82) is 0 Å². The standard InChI is InChI=1S/C43H64O8/c1-2-3-4-5-6-7-8-18-25-44-26-27-45-28-29-46-30-31-47-32-33-48-34-35-49-36-37-50-38-39-51-43(40-19-12-9-13-20-40,41-21-14-10-15-22-41)42-23-16-11-17-24-42/h9-17,19-24H,2-8,18,25-39H2,1H3. The van der Waals surface area contributed by atoms with Crippen LogP contribution in [0.1, 0.15) is 75.0 Å². The third-order valence-electron chi connectivity index (χ3n) is 8.46. The summed E-state index contributed by atoms with van der Waals surface area (Å²) < 4.78 is 46.2. The fraction of sp³-hybridized carbons (Fsp3) is 0.581. The molecule has 0 spiro atoms. The molecule has 0 fully saturated rings. The molecule has 3 aromatic carbocycles. The van der Waals surface area contributed by atoms with Gasteiger partial charge in [0.1, 0.15) is 5.60 Å². The lowest BCUT2D eigenvalue weighted by molar-refractivity contribution is -0.0397. The van der Waals surface area contributed by atoms with E-state index in [1.165, 1.54) is 44.9 Å². The van der Waals surface area contributed by atoms with Gasteiger partial charge in [-0.05, 0) is 23.1 Å². The van der Waals surface area contributed by atoms with Crippen molar-refractivity contribution < 1.29 is 37.9 Å². The molecule has 0 aliphatic heterocycles. The van der Waals surface area contributed by atoms with E-state index in [1.807, 2.05) is 18.2 Å². The molecule has 0 amide bonds. The number of ether oxygens (including phenoxy) is 8. The van der Waals surface area contributed by atoms with E-state index in [9.17, 15) is 0 Å². The zero-order valence-electron chi connectivity index (χ0n) is 31.2. The van der Waals surface area contributed by atoms with Crippen LogP contribution in [0.4, 0.5) is 0 Å². The Hall–Kier alpha value is -2.66. The molecule has 0 aliphatic carbocycles. The van der Waals surface area contributed by atoms with Crippen LogP contribution in [0.3, 0.4) is 0 Å². The Labute approximate surface area is 308 Å². The summed E-state index contributed by atoms with van der Waals surface area (Å²) in [4.78, 5) is 0. The molecule has 284 valence electrons. The molecule has 0 aliphatic rings. The van der Waals surface area contributed by atoms with Crippen LogP contribution in [0.15, 0.2) is 91.0 Å². The number of hydrogen-bond acceptors (Lipinski definition) is 8. The fourth-order valence-corrected chi connectivity index (χ4v) is 5.78. The van der Waals surface area contributed by atoms with Crippen molar-refractivity contribution in [2.24, 2.45) is 0 Å². The van der Waals surface area contributed by atoms with E-state index in [0.29, 0.717) is 92.5 Å². The van der Waals surface area contributed by atoms with E-state index >= 15 is 0 Å². The molecule has 0 saturated carbocycles. The first-order valence-electron chi connectivity index (χ1n) is 19.2. The average molecular weight is 709 g/mol. The van der Waals surface area contributed by atoms with Gasteiger partial charge in [0.05, 0.1) is 92.5 Å². The lowest BCUT2D eigenvalue weighted by atomic mass is 9.80. The van der Waals surface area contributed by atoms with Gasteiger partial charge in [-0.2, -0.15) is 0 Å². The number of hydrogen-bond donors (Lipinski definition) is 0. The predicted molar refractivity (Wildman–Crippen MR) is 204 cm³/mol. The van der Waals surface area contributed by atoms with Crippen LogP contribution >= 0.6 is 0 Å². The van der Waals surface area contributed by atoms with Gasteiger partial charge in [-0.25, -0.2) is 0 Å². The maximum Gasteiger partial charge on any atom is 0.143 e. The highest BCUT2D eigenvalue weighted by Crippen LogP contribution is 2.40. The van der Waals surface area contributed by atoms with E-state index < -0.39 is 5.60 Å². The van der Waals surface area contributed by atoms with Crippen molar-refractivity contribution in [3.05, 3.63) is 108 Å². The molecule has 0 N–H and O–H groups in total. The molecular formula is C43H64O8. The smallest absolute Gasteiger partial charge is 0.143 e. The molecule has 0 heterocycles. The molecule has 51 heavy (non-hydrogen) atoms. The van der Waals surface area contributed by atoms with Gasteiger partial charge in [-0.1, -0.05) is 143 Å². The first-order chi connectivity index (χ1) is 25.4. The summed E-state index contributed by atoms with van der Waals surface area (Å²) in [5, 5.41) is 0. The fourth-order valence-electron chi connectivity index (χ4n) is 5.78. The van der Waals surface area contributed by atoms with Crippen LogP contribution in [0.5, 0.6) is 0 Å². The Morgan fingerprint density at radius 3 is 0.922 bits per heavy atom. The third-order valence-corrected chi connectivity index (χ3v) is 8.46. The third kappa shape index (κ3) is 18.6. The van der Waals surface area contributed by atoms with E-state index in [4.69, 9.17) is 37.9 Å². The van der Waals surface area contributed by atoms with Crippen LogP contribution in [0.2, 0.25) is 0 Å². The minimum Gasteiger partial charge on any atom is -0.379 e. The summed E-state index contributed by atoms with van der Waals surface area (Å²) in [5.74, 6) is 0. The number of benzene rings is 3. The van der Waals surface area contributed by atoms with Crippen molar-refractivity contribution in [2.75, 3.05) is 99.1 Å². The highest BCUT2D eigenvalue weighted by molar-refractivity contribution is 5.47. The van der Waals surface area contributed by atoms with Gasteiger partial charge in [0.25, 0.3) is 0 Å². The predicted octanol–water partition coefficient (Wildman–Crippen LogP) is 8.25. The molecule has 0 unspecified atom stereocenters. The summed E-state index contributed by atoms with van der Waals surface area (Å²) in [6, 6.07) is 31.1. The molecule has 0 radical (unpaired) electrons. The van der Waals surface area contributed by atoms with Gasteiger partial charge < -0.3 is 37.9 Å². The Bertz CT molecular complexity index is 1070. The maximum absolute atomic E-state index is 6.73. The highest BCUT2D eigenvalue weighted by Gasteiger charge is 2.37. The number of unbranched alkanes of at least 4 members (excludes halogenated alkanes) is 7. The van der Waals surface area contributed by atoms with E-state index in [1.54, 1.807) is 0 Å². The van der Waals surface area contributed by atoms with Crippen molar-refractivity contribution in [2.45, 2.75) is 63.9 Å². The molecule has 3 aromatic rings. The van der Waals surface area contributed by atoms with Crippen LogP contribution < -0.4 is 0 Å². The molecule has 0 aromatic heterocycles. The summed E-state index contributed by atoms with van der Waals surface area (Å²) in [6.07, 6.45) is 10.5. The molecule has 3 rings (SSSR count). The van der Waals surface area contributed by atoms with E-state index in [-0.39, 0.29) is 0 Å². The molecule has 8 heteroatoms. The van der Waals surface area contributed by atoms with Crippen molar-refractivity contribution in [3.63, 3.8) is 0 Å². The first kappa shape index (κ1) is 42.8. The van der Waals surface area contributed by atoms with Crippen molar-refractivity contribution >= 4 is 0 Å². The largest absolute Gasteiger partial charge is 0.379 e. The zero-order valence-corrected chi connectivity index (χ0v) is 31.2. The lowest BCUT2D eigenvalue weighted by Gasteiger charge is -2.36. The van der Waals surface area contributed by atoms with Crippen LogP contribution in [0.25, 0.3) is 0 Å².